The summed E-state index contributed by atoms with van der Waals surface area (Å²) in [6, 6.07) is 12.5. The fraction of sp³-hybridized carbons (Fsp3) is 0.333. The number of nitrogens with zero attached hydrogens (tertiary/aromatic N) is 1. The third-order valence-electron chi connectivity index (χ3n) is 5.39. The number of benzene rings is 2. The molecule has 0 aliphatic carbocycles. The van der Waals surface area contributed by atoms with E-state index < -0.39 is 15.1 Å². The van der Waals surface area contributed by atoms with Crippen LogP contribution in [0.2, 0.25) is 0 Å². The average molecular weight is 431 g/mol. The monoisotopic (exact) mass is 430 g/mol. The zero-order valence-corrected chi connectivity index (χ0v) is 17.8. The van der Waals surface area contributed by atoms with Gasteiger partial charge in [0, 0.05) is 23.5 Å². The molecule has 2 atom stereocenters. The van der Waals surface area contributed by atoms with Crippen LogP contribution in [0, 0.1) is 0 Å². The van der Waals surface area contributed by atoms with E-state index in [1.54, 1.807) is 30.9 Å². The second kappa shape index (κ2) is 7.50. The van der Waals surface area contributed by atoms with Crippen LogP contribution in [0.15, 0.2) is 52.3 Å². The maximum atomic E-state index is 13.1. The Morgan fingerprint density at radius 1 is 1.28 bits per heavy atom. The molecular formula is C21H22N2O4S2. The van der Waals surface area contributed by atoms with E-state index >= 15 is 0 Å². The maximum Gasteiger partial charge on any atom is 0.237 e. The second-order valence-electron chi connectivity index (χ2n) is 7.39. The highest BCUT2D eigenvalue weighted by Crippen LogP contribution is 2.37. The summed E-state index contributed by atoms with van der Waals surface area (Å²) in [6.45, 7) is 3.94. The van der Waals surface area contributed by atoms with Crippen molar-refractivity contribution in [2.24, 2.45) is 0 Å². The fourth-order valence-electron chi connectivity index (χ4n) is 3.66. The van der Waals surface area contributed by atoms with Crippen molar-refractivity contribution in [1.29, 1.82) is 0 Å². The van der Waals surface area contributed by atoms with Crippen LogP contribution in [0.4, 0.5) is 11.4 Å². The molecule has 2 aliphatic rings. The summed E-state index contributed by atoms with van der Waals surface area (Å²) >= 11 is 1.40. The van der Waals surface area contributed by atoms with Gasteiger partial charge < -0.3 is 10.2 Å². The van der Waals surface area contributed by atoms with E-state index in [0.717, 1.165) is 22.6 Å². The summed E-state index contributed by atoms with van der Waals surface area (Å²) in [5.41, 5.74) is 2.48. The Hall–Kier alpha value is -2.32. The molecule has 0 aromatic heterocycles. The molecule has 2 aromatic rings. The van der Waals surface area contributed by atoms with Crippen molar-refractivity contribution in [2.75, 3.05) is 16.8 Å². The first kappa shape index (κ1) is 20.0. The van der Waals surface area contributed by atoms with Crippen molar-refractivity contribution in [3.05, 3.63) is 48.0 Å². The summed E-state index contributed by atoms with van der Waals surface area (Å²) < 4.78 is 26.1. The molecule has 0 bridgehead atoms. The van der Waals surface area contributed by atoms with Crippen molar-refractivity contribution in [3.8, 4) is 0 Å². The number of hydrogen-bond acceptors (Lipinski definition) is 5. The summed E-state index contributed by atoms with van der Waals surface area (Å²) in [5.74, 6) is -0.338. The minimum atomic E-state index is -3.71. The van der Waals surface area contributed by atoms with Crippen LogP contribution in [-0.4, -0.2) is 37.3 Å². The highest BCUT2D eigenvalue weighted by Gasteiger charge is 2.32. The summed E-state index contributed by atoms with van der Waals surface area (Å²) in [4.78, 5) is 27.4. The van der Waals surface area contributed by atoms with Gasteiger partial charge in [-0.05, 0) is 50.1 Å². The van der Waals surface area contributed by atoms with Crippen LogP contribution in [0.25, 0.3) is 0 Å². The fourth-order valence-corrected chi connectivity index (χ4v) is 5.96. The van der Waals surface area contributed by atoms with Crippen LogP contribution in [0.5, 0.6) is 0 Å². The standard InChI is InChI=1S/C21H22N2O4S2/c1-13(11-20(24)23-10-9-15-5-3-4-6-18(15)23)29(26,27)16-7-8-19-17(12-16)22-21(25)14(2)28-19/h3-8,12-14H,9-11H2,1-2H3,(H,22,25). The van der Waals surface area contributed by atoms with Crippen LogP contribution < -0.4 is 10.2 Å². The number of thioether (sulfide) groups is 1. The molecule has 2 aromatic carbocycles. The molecule has 0 saturated heterocycles. The lowest BCUT2D eigenvalue weighted by molar-refractivity contribution is -0.118. The van der Waals surface area contributed by atoms with Crippen molar-refractivity contribution in [3.63, 3.8) is 0 Å². The minimum absolute atomic E-state index is 0.0914. The van der Waals surface area contributed by atoms with Gasteiger partial charge in [0.15, 0.2) is 9.84 Å². The molecule has 4 rings (SSSR count). The van der Waals surface area contributed by atoms with Gasteiger partial charge in [0.25, 0.3) is 0 Å². The van der Waals surface area contributed by atoms with Crippen molar-refractivity contribution in [1.82, 2.24) is 0 Å². The topological polar surface area (TPSA) is 83.6 Å². The Bertz CT molecular complexity index is 1100. The lowest BCUT2D eigenvalue weighted by atomic mass is 10.2. The van der Waals surface area contributed by atoms with Crippen molar-refractivity contribution < 1.29 is 18.0 Å². The van der Waals surface area contributed by atoms with Gasteiger partial charge in [0.1, 0.15) is 0 Å². The van der Waals surface area contributed by atoms with E-state index in [4.69, 9.17) is 0 Å². The van der Waals surface area contributed by atoms with Crippen LogP contribution >= 0.6 is 11.8 Å². The molecule has 0 spiro atoms. The molecule has 0 saturated carbocycles. The van der Waals surface area contributed by atoms with E-state index in [9.17, 15) is 18.0 Å². The van der Waals surface area contributed by atoms with Gasteiger partial charge in [-0.25, -0.2) is 8.42 Å². The first-order chi connectivity index (χ1) is 13.8. The lowest BCUT2D eigenvalue weighted by Crippen LogP contribution is -2.33. The molecule has 8 heteroatoms. The number of para-hydroxylation sites is 1. The predicted octanol–water partition coefficient (Wildman–Crippen LogP) is 3.26. The van der Waals surface area contributed by atoms with Gasteiger partial charge in [0.2, 0.25) is 11.8 Å². The van der Waals surface area contributed by atoms with Gasteiger partial charge in [-0.3, -0.25) is 9.59 Å². The maximum absolute atomic E-state index is 13.1. The van der Waals surface area contributed by atoms with Crippen molar-refractivity contribution >= 4 is 44.8 Å². The van der Waals surface area contributed by atoms with E-state index in [1.807, 2.05) is 24.3 Å². The molecule has 2 unspecified atom stereocenters. The number of sulfone groups is 1. The normalized spacial score (nSPS) is 19.3. The summed E-state index contributed by atoms with van der Waals surface area (Å²) in [7, 11) is -3.71. The van der Waals surface area contributed by atoms with Crippen molar-refractivity contribution in [2.45, 2.75) is 47.0 Å². The Morgan fingerprint density at radius 3 is 2.83 bits per heavy atom. The Labute approximate surface area is 174 Å². The number of hydrogen-bond donors (Lipinski definition) is 1. The highest BCUT2D eigenvalue weighted by atomic mass is 32.2. The minimum Gasteiger partial charge on any atom is -0.324 e. The third-order valence-corrected chi connectivity index (χ3v) is 8.71. The van der Waals surface area contributed by atoms with E-state index in [2.05, 4.69) is 5.32 Å². The van der Waals surface area contributed by atoms with Gasteiger partial charge in [0.05, 0.1) is 21.1 Å². The van der Waals surface area contributed by atoms with Crippen LogP contribution in [0.3, 0.4) is 0 Å². The summed E-state index contributed by atoms with van der Waals surface area (Å²) in [6.07, 6.45) is 0.690. The number of anilines is 2. The Kier molecular flexibility index (Phi) is 5.16. The molecular weight excluding hydrogens is 408 g/mol. The Morgan fingerprint density at radius 2 is 2.03 bits per heavy atom. The Balaban J connectivity index is 1.53. The molecule has 152 valence electrons. The first-order valence-electron chi connectivity index (χ1n) is 9.51. The van der Waals surface area contributed by atoms with E-state index in [1.165, 1.54) is 17.8 Å². The smallest absolute Gasteiger partial charge is 0.237 e. The molecule has 6 nitrogen and oxygen atoms in total. The molecule has 1 N–H and O–H groups in total. The molecule has 0 fully saturated rings. The molecule has 2 heterocycles. The molecule has 0 radical (unpaired) electrons. The quantitative estimate of drug-likeness (QED) is 0.805. The number of carbonyl (C=O) groups excluding carboxylic acids is 2. The largest absolute Gasteiger partial charge is 0.324 e. The van der Waals surface area contributed by atoms with Gasteiger partial charge in [-0.2, -0.15) is 0 Å². The summed E-state index contributed by atoms with van der Waals surface area (Å²) in [5, 5.41) is 1.67. The number of carbonyl (C=O) groups is 2. The molecule has 2 amide bonds. The molecule has 29 heavy (non-hydrogen) atoms. The van der Waals surface area contributed by atoms with E-state index in [-0.39, 0.29) is 28.4 Å². The second-order valence-corrected chi connectivity index (χ2v) is 11.1. The zero-order valence-electron chi connectivity index (χ0n) is 16.2. The van der Waals surface area contributed by atoms with Crippen LogP contribution in [-0.2, 0) is 25.8 Å². The lowest BCUT2D eigenvalue weighted by Gasteiger charge is -2.23. The van der Waals surface area contributed by atoms with Gasteiger partial charge in [-0.1, -0.05) is 18.2 Å². The van der Waals surface area contributed by atoms with E-state index in [0.29, 0.717) is 12.2 Å². The number of rotatable bonds is 4. The molecule has 2 aliphatic heterocycles. The average Bonchev–Trinajstić information content (AvgIpc) is 3.12. The highest BCUT2D eigenvalue weighted by molar-refractivity contribution is 8.01. The number of fused-ring (bicyclic) bond motifs is 2. The SMILES string of the molecule is CC1Sc2ccc(S(=O)(=O)C(C)CC(=O)N3CCc4ccccc43)cc2NC1=O. The van der Waals surface area contributed by atoms with Gasteiger partial charge >= 0.3 is 0 Å². The van der Waals surface area contributed by atoms with Crippen LogP contribution in [0.1, 0.15) is 25.8 Å². The van der Waals surface area contributed by atoms with Gasteiger partial charge in [-0.15, -0.1) is 11.8 Å². The number of nitrogens with one attached hydrogen (secondary N) is 1. The zero-order chi connectivity index (χ0) is 20.8. The third kappa shape index (κ3) is 3.67. The first-order valence-corrected chi connectivity index (χ1v) is 11.9. The number of amides is 2. The predicted molar refractivity (Wildman–Crippen MR) is 114 cm³/mol.